The van der Waals surface area contributed by atoms with Crippen LogP contribution >= 0.6 is 11.3 Å². The number of thiophene rings is 1. The van der Waals surface area contributed by atoms with Gasteiger partial charge in [-0.3, -0.25) is 4.79 Å². The molecular weight excluding hydrogens is 390 g/mol. The number of carboxylic acids is 1. The Hall–Kier alpha value is -1.88. The van der Waals surface area contributed by atoms with Gasteiger partial charge in [-0.2, -0.15) is 0 Å². The van der Waals surface area contributed by atoms with Gasteiger partial charge < -0.3 is 19.5 Å². The molecule has 158 valence electrons. The van der Waals surface area contributed by atoms with E-state index in [-0.39, 0.29) is 28.5 Å². The van der Waals surface area contributed by atoms with E-state index in [4.69, 9.17) is 9.47 Å². The molecule has 1 unspecified atom stereocenters. The number of carbonyl (C=O) groups excluding carboxylic acids is 1. The Morgan fingerprint density at radius 1 is 1.28 bits per heavy atom. The quantitative estimate of drug-likeness (QED) is 0.559. The lowest BCUT2D eigenvalue weighted by Gasteiger charge is -2.35. The number of nitrogens with zero attached hydrogens (tertiary/aromatic N) is 1. The Bertz CT molecular complexity index is 786. The van der Waals surface area contributed by atoms with Crippen molar-refractivity contribution in [3.63, 3.8) is 0 Å². The Kier molecular flexibility index (Phi) is 6.99. The maximum atomic E-state index is 11.9. The van der Waals surface area contributed by atoms with Crippen molar-refractivity contribution in [1.29, 1.82) is 0 Å². The van der Waals surface area contributed by atoms with Crippen molar-refractivity contribution in [2.24, 2.45) is 5.41 Å². The maximum absolute atomic E-state index is 11.9. The predicted molar refractivity (Wildman–Crippen MR) is 113 cm³/mol. The van der Waals surface area contributed by atoms with Gasteiger partial charge in [-0.1, -0.05) is 11.8 Å². The molecular formula is C22H29NO5S. The fourth-order valence-electron chi connectivity index (χ4n) is 3.73. The van der Waals surface area contributed by atoms with Crippen LogP contribution in [0.25, 0.3) is 0 Å². The standard InChI is InChI=1S/C22H29NO5S/c1-22(2,3)10-8-18-12-19(20(29-18)21(25)26)23(14-24)15-4-6-16(7-5-15)28-17-9-11-27-13-17/h12,14-17H,4-7,9,11,13H2,1-3H3,(H,25,26)/t15-,16-,17?. The van der Waals surface area contributed by atoms with Crippen molar-refractivity contribution in [3.8, 4) is 11.8 Å². The van der Waals surface area contributed by atoms with E-state index in [0.717, 1.165) is 56.5 Å². The molecule has 7 heteroatoms. The molecule has 1 saturated carbocycles. The van der Waals surface area contributed by atoms with Gasteiger partial charge in [-0.25, -0.2) is 4.79 Å². The van der Waals surface area contributed by atoms with Crippen molar-refractivity contribution in [2.45, 2.75) is 71.1 Å². The zero-order chi connectivity index (χ0) is 21.0. The highest BCUT2D eigenvalue weighted by molar-refractivity contribution is 7.15. The molecule has 1 N–H and O–H groups in total. The lowest BCUT2D eigenvalue weighted by atomic mass is 9.91. The first-order valence-electron chi connectivity index (χ1n) is 10.1. The molecule has 0 aromatic carbocycles. The summed E-state index contributed by atoms with van der Waals surface area (Å²) in [5.41, 5.74) is 0.268. The van der Waals surface area contributed by atoms with Crippen LogP contribution in [0.5, 0.6) is 0 Å². The predicted octanol–water partition coefficient (Wildman–Crippen LogP) is 3.92. The van der Waals surface area contributed by atoms with Gasteiger partial charge in [-0.15, -0.1) is 11.3 Å². The van der Waals surface area contributed by atoms with Crippen molar-refractivity contribution in [3.05, 3.63) is 15.8 Å². The van der Waals surface area contributed by atoms with Crippen molar-refractivity contribution >= 4 is 29.4 Å². The van der Waals surface area contributed by atoms with Gasteiger partial charge in [0.1, 0.15) is 4.88 Å². The van der Waals surface area contributed by atoms with E-state index in [1.807, 2.05) is 20.8 Å². The Labute approximate surface area is 176 Å². The minimum Gasteiger partial charge on any atom is -0.477 e. The summed E-state index contributed by atoms with van der Waals surface area (Å²) in [6, 6.07) is 1.71. The molecule has 0 bridgehead atoms. The number of carboxylic acid groups (broad SMARTS) is 1. The van der Waals surface area contributed by atoms with Gasteiger partial charge in [0.15, 0.2) is 0 Å². The van der Waals surface area contributed by atoms with E-state index in [1.165, 1.54) is 0 Å². The molecule has 0 spiro atoms. The van der Waals surface area contributed by atoms with E-state index in [2.05, 4.69) is 11.8 Å². The molecule has 1 aliphatic heterocycles. The molecule has 29 heavy (non-hydrogen) atoms. The highest BCUT2D eigenvalue weighted by atomic mass is 32.1. The minimum absolute atomic E-state index is 0.0247. The maximum Gasteiger partial charge on any atom is 0.348 e. The van der Waals surface area contributed by atoms with Crippen LogP contribution < -0.4 is 4.90 Å². The highest BCUT2D eigenvalue weighted by Gasteiger charge is 2.31. The van der Waals surface area contributed by atoms with Crippen LogP contribution in [0.15, 0.2) is 6.07 Å². The van der Waals surface area contributed by atoms with Gasteiger partial charge >= 0.3 is 5.97 Å². The molecule has 2 aliphatic rings. The molecule has 1 amide bonds. The van der Waals surface area contributed by atoms with Gasteiger partial charge in [0.2, 0.25) is 6.41 Å². The molecule has 2 heterocycles. The van der Waals surface area contributed by atoms with Crippen LogP contribution in [0.1, 0.15) is 67.4 Å². The third-order valence-corrected chi connectivity index (χ3v) is 6.20. The zero-order valence-corrected chi connectivity index (χ0v) is 18.1. The van der Waals surface area contributed by atoms with E-state index in [0.29, 0.717) is 17.2 Å². The van der Waals surface area contributed by atoms with E-state index in [1.54, 1.807) is 11.0 Å². The fraction of sp³-hybridized carbons (Fsp3) is 0.636. The first kappa shape index (κ1) is 21.8. The molecule has 1 aromatic rings. The Morgan fingerprint density at radius 2 is 2.00 bits per heavy atom. The van der Waals surface area contributed by atoms with Gasteiger partial charge in [0.25, 0.3) is 0 Å². The summed E-state index contributed by atoms with van der Waals surface area (Å²) in [7, 11) is 0. The van der Waals surface area contributed by atoms with Crippen LogP contribution in [0.4, 0.5) is 5.69 Å². The largest absolute Gasteiger partial charge is 0.477 e. The van der Waals surface area contributed by atoms with Crippen molar-refractivity contribution in [2.75, 3.05) is 18.1 Å². The van der Waals surface area contributed by atoms with Crippen molar-refractivity contribution < 1.29 is 24.2 Å². The van der Waals surface area contributed by atoms with Gasteiger partial charge in [-0.05, 0) is 58.9 Å². The lowest BCUT2D eigenvalue weighted by molar-refractivity contribution is -0.108. The van der Waals surface area contributed by atoms with Crippen LogP contribution in [-0.4, -0.2) is 48.9 Å². The lowest BCUT2D eigenvalue weighted by Crippen LogP contribution is -2.40. The SMILES string of the molecule is CC(C)(C)C#Cc1cc(N(C=O)[C@H]2CC[C@H](OC3CCOC3)CC2)c(C(=O)O)s1. The summed E-state index contributed by atoms with van der Waals surface area (Å²) in [4.78, 5) is 26.1. The number of amides is 1. The van der Waals surface area contributed by atoms with Crippen LogP contribution in [0.2, 0.25) is 0 Å². The number of anilines is 1. The number of hydrogen-bond donors (Lipinski definition) is 1. The first-order valence-corrected chi connectivity index (χ1v) is 11.0. The summed E-state index contributed by atoms with van der Waals surface area (Å²) in [5, 5.41) is 9.64. The topological polar surface area (TPSA) is 76.1 Å². The van der Waals surface area contributed by atoms with E-state index < -0.39 is 5.97 Å². The number of hydrogen-bond acceptors (Lipinski definition) is 5. The van der Waals surface area contributed by atoms with E-state index >= 15 is 0 Å². The average molecular weight is 420 g/mol. The smallest absolute Gasteiger partial charge is 0.348 e. The zero-order valence-electron chi connectivity index (χ0n) is 17.3. The number of carbonyl (C=O) groups is 2. The molecule has 1 aliphatic carbocycles. The van der Waals surface area contributed by atoms with Crippen molar-refractivity contribution in [1.82, 2.24) is 0 Å². The Morgan fingerprint density at radius 3 is 2.55 bits per heavy atom. The molecule has 1 aromatic heterocycles. The minimum atomic E-state index is -1.03. The number of rotatable bonds is 6. The van der Waals surface area contributed by atoms with Crippen LogP contribution in [0.3, 0.4) is 0 Å². The molecule has 0 radical (unpaired) electrons. The normalized spacial score (nSPS) is 24.6. The van der Waals surface area contributed by atoms with Crippen LogP contribution in [0, 0.1) is 17.3 Å². The van der Waals surface area contributed by atoms with Crippen LogP contribution in [-0.2, 0) is 14.3 Å². The van der Waals surface area contributed by atoms with Gasteiger partial charge in [0, 0.05) is 18.1 Å². The highest BCUT2D eigenvalue weighted by Crippen LogP contribution is 2.35. The summed E-state index contributed by atoms with van der Waals surface area (Å²) >= 11 is 1.13. The third-order valence-electron chi connectivity index (χ3n) is 5.17. The Balaban J connectivity index is 1.72. The molecule has 1 atom stereocenters. The molecule has 3 rings (SSSR count). The summed E-state index contributed by atoms with van der Waals surface area (Å²) in [6.07, 6.45) is 5.34. The summed E-state index contributed by atoms with van der Waals surface area (Å²) < 4.78 is 11.5. The summed E-state index contributed by atoms with van der Waals surface area (Å²) in [6.45, 7) is 7.43. The van der Waals surface area contributed by atoms with Gasteiger partial charge in [0.05, 0.1) is 29.4 Å². The number of aromatic carboxylic acids is 1. The molecule has 1 saturated heterocycles. The molecule has 6 nitrogen and oxygen atoms in total. The molecule has 2 fully saturated rings. The summed E-state index contributed by atoms with van der Waals surface area (Å²) in [5.74, 6) is 5.16. The second-order valence-corrected chi connectivity index (χ2v) is 9.75. The monoisotopic (exact) mass is 419 g/mol. The second kappa shape index (κ2) is 9.29. The average Bonchev–Trinajstić information content (AvgIpc) is 3.31. The third kappa shape index (κ3) is 5.81. The second-order valence-electron chi connectivity index (χ2n) is 8.70. The first-order chi connectivity index (χ1) is 13.8. The van der Waals surface area contributed by atoms with E-state index in [9.17, 15) is 14.7 Å². The number of ether oxygens (including phenoxy) is 2. The fourth-order valence-corrected chi connectivity index (χ4v) is 4.58.